The highest BCUT2D eigenvalue weighted by Gasteiger charge is 2.39. The first-order valence-corrected chi connectivity index (χ1v) is 10.4. The lowest BCUT2D eigenvalue weighted by molar-refractivity contribution is 0.0577. The predicted octanol–water partition coefficient (Wildman–Crippen LogP) is 2.64. The molecule has 6 nitrogen and oxygen atoms in total. The van der Waals surface area contributed by atoms with Crippen molar-refractivity contribution in [3.05, 3.63) is 46.8 Å². The van der Waals surface area contributed by atoms with Crippen LogP contribution in [0.3, 0.4) is 0 Å². The lowest BCUT2D eigenvalue weighted by Crippen LogP contribution is -2.47. The van der Waals surface area contributed by atoms with Crippen molar-refractivity contribution in [2.24, 2.45) is 5.92 Å². The second-order valence-corrected chi connectivity index (χ2v) is 8.48. The van der Waals surface area contributed by atoms with E-state index in [0.29, 0.717) is 17.7 Å². The summed E-state index contributed by atoms with van der Waals surface area (Å²) in [5.41, 5.74) is 4.32. The summed E-state index contributed by atoms with van der Waals surface area (Å²) in [6.07, 6.45) is 5.45. The molecule has 3 fully saturated rings. The first-order valence-electron chi connectivity index (χ1n) is 10.4. The van der Waals surface area contributed by atoms with E-state index in [1.54, 1.807) is 7.11 Å². The number of rotatable bonds is 4. The molecule has 1 amide bonds. The van der Waals surface area contributed by atoms with Crippen LogP contribution >= 0.6 is 0 Å². The minimum absolute atomic E-state index is 0.139. The summed E-state index contributed by atoms with van der Waals surface area (Å²) < 4.78 is 5.26. The van der Waals surface area contributed by atoms with Gasteiger partial charge in [0.2, 0.25) is 0 Å². The zero-order chi connectivity index (χ0) is 19.1. The van der Waals surface area contributed by atoms with Gasteiger partial charge in [-0.15, -0.1) is 0 Å². The molecule has 0 spiro atoms. The molecule has 3 saturated heterocycles. The van der Waals surface area contributed by atoms with Gasteiger partial charge in [0.05, 0.1) is 7.11 Å². The number of H-pyrrole nitrogens is 1. The number of aromatic nitrogens is 2. The summed E-state index contributed by atoms with van der Waals surface area (Å²) in [5, 5.41) is 7.49. The van der Waals surface area contributed by atoms with E-state index in [-0.39, 0.29) is 5.91 Å². The molecule has 1 aromatic heterocycles. The molecule has 0 saturated carbocycles. The number of nitrogens with one attached hydrogen (secondary N) is 1. The molecule has 3 aliphatic heterocycles. The lowest BCUT2D eigenvalue weighted by atomic mass is 9.94. The summed E-state index contributed by atoms with van der Waals surface area (Å²) in [5.74, 6) is 1.58. The molecule has 0 unspecified atom stereocenters. The Hall–Kier alpha value is -2.34. The molecule has 0 radical (unpaired) electrons. The van der Waals surface area contributed by atoms with Crippen LogP contribution in [0.25, 0.3) is 0 Å². The molecule has 4 heterocycles. The summed E-state index contributed by atoms with van der Waals surface area (Å²) in [4.78, 5) is 18.0. The third kappa shape index (κ3) is 3.20. The second-order valence-electron chi connectivity index (χ2n) is 8.48. The maximum atomic E-state index is 13.3. The molecular formula is C22H28N4O2. The molecule has 1 N–H and O–H groups in total. The Bertz CT molecular complexity index is 860. The largest absolute Gasteiger partial charge is 0.497 e. The lowest BCUT2D eigenvalue weighted by Gasteiger charge is -2.36. The zero-order valence-electron chi connectivity index (χ0n) is 16.5. The van der Waals surface area contributed by atoms with E-state index in [1.165, 1.54) is 23.2 Å². The van der Waals surface area contributed by atoms with Crippen LogP contribution < -0.4 is 4.74 Å². The molecule has 2 atom stereocenters. The van der Waals surface area contributed by atoms with Crippen LogP contribution in [-0.2, 0) is 19.4 Å². The van der Waals surface area contributed by atoms with Crippen molar-refractivity contribution < 1.29 is 9.53 Å². The molecular weight excluding hydrogens is 352 g/mol. The maximum Gasteiger partial charge on any atom is 0.274 e. The number of hydrogen-bond acceptors (Lipinski definition) is 4. The Kier molecular flexibility index (Phi) is 4.59. The first kappa shape index (κ1) is 17.7. The fourth-order valence-electron chi connectivity index (χ4n) is 5.18. The number of amides is 1. The molecule has 28 heavy (non-hydrogen) atoms. The maximum absolute atomic E-state index is 13.3. The van der Waals surface area contributed by atoms with Crippen LogP contribution in [0, 0.1) is 5.92 Å². The number of aromatic amines is 1. The Labute approximate surface area is 165 Å². The minimum atomic E-state index is 0.139. The standard InChI is InChI=1S/C22H28N4O2/c1-28-18-9-6-15(7-10-18)11-25-12-16-5-8-17(14-25)26(13-16)22(27)21-19-3-2-4-20(19)23-24-21/h6-7,9-10,16-17H,2-5,8,11-14H2,1H3,(H,23,24)/t16-,17+/m1/s1. The van der Waals surface area contributed by atoms with E-state index in [9.17, 15) is 4.79 Å². The SMILES string of the molecule is COc1ccc(CN2C[C@H]3CC[C@@H](C2)N(C(=O)c2n[nH]c4c2CCC4)C3)cc1. The van der Waals surface area contributed by atoms with Crippen molar-refractivity contribution in [1.29, 1.82) is 0 Å². The van der Waals surface area contributed by atoms with E-state index in [0.717, 1.165) is 57.6 Å². The Balaban J connectivity index is 1.31. The number of piperidine rings is 1. The van der Waals surface area contributed by atoms with E-state index >= 15 is 0 Å². The van der Waals surface area contributed by atoms with Crippen LogP contribution in [-0.4, -0.2) is 58.7 Å². The van der Waals surface area contributed by atoms with E-state index < -0.39 is 0 Å². The number of nitrogens with zero attached hydrogens (tertiary/aromatic N) is 3. The van der Waals surface area contributed by atoms with Gasteiger partial charge in [0.15, 0.2) is 5.69 Å². The number of methoxy groups -OCH3 is 1. The molecule has 6 rings (SSSR count). The number of ether oxygens (including phenoxy) is 1. The van der Waals surface area contributed by atoms with E-state index in [2.05, 4.69) is 32.1 Å². The van der Waals surface area contributed by atoms with Crippen molar-refractivity contribution in [2.45, 2.75) is 44.7 Å². The van der Waals surface area contributed by atoms with E-state index in [1.807, 2.05) is 12.1 Å². The van der Waals surface area contributed by atoms with Gasteiger partial charge in [0.25, 0.3) is 5.91 Å². The highest BCUT2D eigenvalue weighted by Crippen LogP contribution is 2.31. The van der Waals surface area contributed by atoms with Gasteiger partial charge in [-0.3, -0.25) is 14.8 Å². The summed E-state index contributed by atoms with van der Waals surface area (Å²) in [6, 6.07) is 8.62. The van der Waals surface area contributed by atoms with Crippen molar-refractivity contribution in [3.8, 4) is 5.75 Å². The fourth-order valence-corrected chi connectivity index (χ4v) is 5.18. The number of carbonyl (C=O) groups is 1. The van der Waals surface area contributed by atoms with Crippen molar-refractivity contribution in [3.63, 3.8) is 0 Å². The topological polar surface area (TPSA) is 61.5 Å². The fraction of sp³-hybridized carbons (Fsp3) is 0.545. The summed E-state index contributed by atoms with van der Waals surface area (Å²) in [7, 11) is 1.70. The van der Waals surface area contributed by atoms with Gasteiger partial charge in [-0.05, 0) is 55.7 Å². The first-order chi connectivity index (χ1) is 13.7. The number of fused-ring (bicyclic) bond motifs is 5. The molecule has 1 aromatic carbocycles. The molecule has 4 aliphatic rings. The number of carbonyl (C=O) groups excluding carboxylic acids is 1. The van der Waals surface area contributed by atoms with Gasteiger partial charge in [0.1, 0.15) is 5.75 Å². The van der Waals surface area contributed by atoms with Crippen molar-refractivity contribution in [1.82, 2.24) is 20.0 Å². The second kappa shape index (κ2) is 7.24. The van der Waals surface area contributed by atoms with Gasteiger partial charge in [0, 0.05) is 43.5 Å². The smallest absolute Gasteiger partial charge is 0.274 e. The van der Waals surface area contributed by atoms with Gasteiger partial charge in [-0.2, -0.15) is 5.10 Å². The van der Waals surface area contributed by atoms with Crippen LogP contribution in [0.15, 0.2) is 24.3 Å². The van der Waals surface area contributed by atoms with Crippen LogP contribution in [0.1, 0.15) is 46.6 Å². The van der Waals surface area contributed by atoms with Gasteiger partial charge in [-0.25, -0.2) is 0 Å². The van der Waals surface area contributed by atoms with Gasteiger partial charge < -0.3 is 9.64 Å². The molecule has 148 valence electrons. The third-order valence-electron chi connectivity index (χ3n) is 6.62. The minimum Gasteiger partial charge on any atom is -0.497 e. The van der Waals surface area contributed by atoms with Crippen LogP contribution in [0.4, 0.5) is 0 Å². The molecule has 1 aliphatic carbocycles. The molecule has 2 aromatic rings. The average molecular weight is 380 g/mol. The highest BCUT2D eigenvalue weighted by atomic mass is 16.5. The van der Waals surface area contributed by atoms with Gasteiger partial charge in [-0.1, -0.05) is 12.1 Å². The highest BCUT2D eigenvalue weighted by molar-refractivity contribution is 5.94. The number of benzene rings is 1. The van der Waals surface area contributed by atoms with Crippen LogP contribution in [0.2, 0.25) is 0 Å². The number of hydrogen-bond donors (Lipinski definition) is 1. The van der Waals surface area contributed by atoms with Crippen molar-refractivity contribution in [2.75, 3.05) is 26.7 Å². The number of aryl methyl sites for hydroxylation is 1. The summed E-state index contributed by atoms with van der Waals surface area (Å²) >= 11 is 0. The normalized spacial score (nSPS) is 24.2. The third-order valence-corrected chi connectivity index (χ3v) is 6.62. The Morgan fingerprint density at radius 2 is 2.04 bits per heavy atom. The molecule has 2 bridgehead atoms. The Morgan fingerprint density at radius 3 is 2.86 bits per heavy atom. The predicted molar refractivity (Wildman–Crippen MR) is 106 cm³/mol. The zero-order valence-corrected chi connectivity index (χ0v) is 16.5. The quantitative estimate of drug-likeness (QED) is 0.886. The monoisotopic (exact) mass is 380 g/mol. The van der Waals surface area contributed by atoms with Gasteiger partial charge >= 0.3 is 0 Å². The van der Waals surface area contributed by atoms with Crippen molar-refractivity contribution >= 4 is 5.91 Å². The average Bonchev–Trinajstić information content (AvgIpc) is 3.23. The van der Waals surface area contributed by atoms with Crippen LogP contribution in [0.5, 0.6) is 5.75 Å². The van der Waals surface area contributed by atoms with E-state index in [4.69, 9.17) is 4.74 Å². The summed E-state index contributed by atoms with van der Waals surface area (Å²) in [6.45, 7) is 3.80. The molecule has 6 heteroatoms. The Morgan fingerprint density at radius 1 is 1.18 bits per heavy atom.